The third kappa shape index (κ3) is 5.33. The molecule has 1 saturated heterocycles. The molecule has 1 spiro atoms. The van der Waals surface area contributed by atoms with E-state index in [1.54, 1.807) is 12.1 Å². The van der Waals surface area contributed by atoms with Crippen molar-refractivity contribution < 1.29 is 47.7 Å². The Morgan fingerprint density at radius 2 is 1.88 bits per heavy atom. The van der Waals surface area contributed by atoms with Crippen molar-refractivity contribution in [3.8, 4) is 0 Å². The second-order valence-corrected chi connectivity index (χ2v) is 15.0. The van der Waals surface area contributed by atoms with Crippen LogP contribution in [0.25, 0.3) is 11.2 Å². The van der Waals surface area contributed by atoms with Gasteiger partial charge in [0.1, 0.15) is 24.1 Å². The molecule has 2 fully saturated rings. The molecule has 6 rings (SSSR count). The van der Waals surface area contributed by atoms with Crippen molar-refractivity contribution in [1.29, 1.82) is 0 Å². The van der Waals surface area contributed by atoms with E-state index in [2.05, 4.69) is 15.0 Å². The highest BCUT2D eigenvalue weighted by Crippen LogP contribution is 2.56. The molecule has 5 atom stereocenters. The van der Waals surface area contributed by atoms with Crippen LogP contribution in [0.15, 0.2) is 24.5 Å². The van der Waals surface area contributed by atoms with Crippen LogP contribution < -0.4 is 4.90 Å². The van der Waals surface area contributed by atoms with Crippen LogP contribution in [0.1, 0.15) is 37.5 Å². The summed E-state index contributed by atoms with van der Waals surface area (Å²) in [6.45, 7) is -0.197. The lowest BCUT2D eigenvalue weighted by molar-refractivity contribution is -0.0483. The number of hydrogen-bond acceptors (Lipinski definition) is 10. The number of hydrogen-bond donors (Lipinski definition) is 5. The van der Waals surface area contributed by atoms with Gasteiger partial charge >= 0.3 is 15.2 Å². The molecule has 0 radical (unpaired) electrons. The number of fused-ring (bicyclic) bond motifs is 3. The molecule has 2 unspecified atom stereocenters. The Morgan fingerprint density at radius 1 is 1.15 bits per heavy atom. The highest BCUT2D eigenvalue weighted by Gasteiger charge is 2.48. The van der Waals surface area contributed by atoms with Crippen LogP contribution in [0.5, 0.6) is 0 Å². The SMILES string of the molecule is O=P(O)(O)CP(=O)(O)OC[C@H]1O[C@@H](n2cnc3c(N4CC5(CCCC5)c5cc(F)ccc54)nc(Cl)nc32)C(O)[C@H]1O. The number of rotatable bonds is 7. The van der Waals surface area contributed by atoms with Gasteiger partial charge in [-0.05, 0) is 48.2 Å². The van der Waals surface area contributed by atoms with Crippen LogP contribution in [-0.4, -0.2) is 81.8 Å². The highest BCUT2D eigenvalue weighted by atomic mass is 35.5. The number of imidazole rings is 1. The van der Waals surface area contributed by atoms with Gasteiger partial charge in [0.25, 0.3) is 0 Å². The minimum Gasteiger partial charge on any atom is -0.387 e. The second kappa shape index (κ2) is 10.3. The molecule has 1 aliphatic carbocycles. The first-order chi connectivity index (χ1) is 19.3. The van der Waals surface area contributed by atoms with Gasteiger partial charge in [-0.2, -0.15) is 9.97 Å². The summed E-state index contributed by atoms with van der Waals surface area (Å²) in [5.41, 5.74) is 1.93. The van der Waals surface area contributed by atoms with E-state index < -0.39 is 52.2 Å². The molecule has 222 valence electrons. The summed E-state index contributed by atoms with van der Waals surface area (Å²) in [5, 5.41) is 21.2. The number of halogens is 2. The predicted molar refractivity (Wildman–Crippen MR) is 142 cm³/mol. The maximum Gasteiger partial charge on any atom is 0.340 e. The average molecular weight is 634 g/mol. The lowest BCUT2D eigenvalue weighted by atomic mass is 9.81. The van der Waals surface area contributed by atoms with Crippen molar-refractivity contribution in [3.05, 3.63) is 41.2 Å². The minimum atomic E-state index is -4.86. The third-order valence-electron chi connectivity index (χ3n) is 7.89. The number of nitrogens with zero attached hydrogens (tertiary/aromatic N) is 5. The highest BCUT2D eigenvalue weighted by molar-refractivity contribution is 7.70. The van der Waals surface area contributed by atoms with E-state index in [-0.39, 0.29) is 22.2 Å². The summed E-state index contributed by atoms with van der Waals surface area (Å²) in [6, 6.07) is 4.65. The quantitative estimate of drug-likeness (QED) is 0.188. The maximum atomic E-state index is 14.3. The van der Waals surface area contributed by atoms with Gasteiger partial charge < -0.3 is 39.1 Å². The number of aromatic nitrogens is 4. The summed E-state index contributed by atoms with van der Waals surface area (Å²) in [5.74, 6) is -1.36. The van der Waals surface area contributed by atoms with Crippen molar-refractivity contribution in [2.75, 3.05) is 24.0 Å². The Kier molecular flexibility index (Phi) is 7.30. The Labute approximate surface area is 237 Å². The fourth-order valence-corrected chi connectivity index (χ4v) is 8.85. The van der Waals surface area contributed by atoms with E-state index in [4.69, 9.17) is 30.6 Å². The van der Waals surface area contributed by atoms with Gasteiger partial charge in [-0.25, -0.2) is 9.37 Å². The Morgan fingerprint density at radius 3 is 2.59 bits per heavy atom. The molecule has 3 aromatic rings. The fourth-order valence-electron chi connectivity index (χ4n) is 6.12. The molecule has 3 aliphatic rings. The molecule has 1 saturated carbocycles. The van der Waals surface area contributed by atoms with Crippen molar-refractivity contribution in [2.24, 2.45) is 0 Å². The lowest BCUT2D eigenvalue weighted by Gasteiger charge is -2.25. The van der Waals surface area contributed by atoms with Crippen LogP contribution in [0.4, 0.5) is 15.9 Å². The molecule has 2 aromatic heterocycles. The zero-order chi connectivity index (χ0) is 29.3. The van der Waals surface area contributed by atoms with Crippen LogP contribution in [0.3, 0.4) is 0 Å². The standard InChI is InChI=1S/C23H27ClFN5O9P2/c24-22-27-19(29-9-23(5-1-2-6-23)13-7-12(25)3-4-14(13)29)16-20(28-22)30(10-26-16)21-18(32)17(31)15(39-21)8-38-41(36,37)11-40(33,34)35/h3-4,7,10,15,17-18,21,31-32H,1-2,5-6,8-9,11H2,(H,36,37)(H2,33,34,35)/t15-,17+,18?,21-/m1/s1. The minimum absolute atomic E-state index is 0.128. The fraction of sp³-hybridized carbons (Fsp3) is 0.522. The van der Waals surface area contributed by atoms with E-state index in [0.717, 1.165) is 36.9 Å². The second-order valence-electron chi connectivity index (χ2n) is 10.7. The molecule has 14 nitrogen and oxygen atoms in total. The molecule has 41 heavy (non-hydrogen) atoms. The Bertz CT molecular complexity index is 1600. The first-order valence-corrected chi connectivity index (χ1v) is 16.7. The van der Waals surface area contributed by atoms with E-state index in [1.807, 2.05) is 4.90 Å². The molecular formula is C23H27ClFN5O9P2. The Hall–Kier alpha value is -2.03. The summed E-state index contributed by atoms with van der Waals surface area (Å²) in [4.78, 5) is 42.8. The van der Waals surface area contributed by atoms with Crippen LogP contribution in [0.2, 0.25) is 5.28 Å². The van der Waals surface area contributed by atoms with Gasteiger partial charge in [0, 0.05) is 17.6 Å². The average Bonchev–Trinajstić information content (AvgIpc) is 3.64. The topological polar surface area (TPSA) is 201 Å². The molecule has 0 amide bonds. The molecule has 4 heterocycles. The molecule has 2 aliphatic heterocycles. The van der Waals surface area contributed by atoms with Crippen molar-refractivity contribution in [1.82, 2.24) is 19.5 Å². The van der Waals surface area contributed by atoms with Gasteiger partial charge in [-0.15, -0.1) is 0 Å². The number of aliphatic hydroxyl groups is 2. The normalized spacial score (nSPS) is 27.1. The lowest BCUT2D eigenvalue weighted by Crippen LogP contribution is -2.33. The van der Waals surface area contributed by atoms with E-state index in [9.17, 15) is 28.6 Å². The summed E-state index contributed by atoms with van der Waals surface area (Å²) >= 11 is 6.34. The van der Waals surface area contributed by atoms with Crippen LogP contribution in [-0.2, 0) is 23.8 Å². The molecule has 18 heteroatoms. The van der Waals surface area contributed by atoms with Crippen molar-refractivity contribution in [3.63, 3.8) is 0 Å². The summed E-state index contributed by atoms with van der Waals surface area (Å²) in [6.07, 6.45) is -0.597. The Balaban J connectivity index is 1.31. The van der Waals surface area contributed by atoms with Crippen molar-refractivity contribution >= 4 is 49.5 Å². The zero-order valence-electron chi connectivity index (χ0n) is 21.3. The number of benzene rings is 1. The van der Waals surface area contributed by atoms with Crippen LogP contribution in [0, 0.1) is 5.82 Å². The molecular weight excluding hydrogens is 607 g/mol. The summed E-state index contributed by atoms with van der Waals surface area (Å²) < 4.78 is 49.3. The van der Waals surface area contributed by atoms with Gasteiger partial charge in [0.05, 0.1) is 12.9 Å². The van der Waals surface area contributed by atoms with Gasteiger partial charge in [0.2, 0.25) is 5.28 Å². The number of ether oxygens (including phenoxy) is 1. The van der Waals surface area contributed by atoms with E-state index in [1.165, 1.54) is 17.0 Å². The zero-order valence-corrected chi connectivity index (χ0v) is 23.9. The number of anilines is 2. The monoisotopic (exact) mass is 633 g/mol. The maximum absolute atomic E-state index is 14.3. The van der Waals surface area contributed by atoms with Crippen LogP contribution >= 0.6 is 26.8 Å². The van der Waals surface area contributed by atoms with Gasteiger partial charge in [-0.3, -0.25) is 13.7 Å². The van der Waals surface area contributed by atoms with Crippen molar-refractivity contribution in [2.45, 2.75) is 55.6 Å². The molecule has 1 aromatic carbocycles. The van der Waals surface area contributed by atoms with Gasteiger partial charge in [-0.1, -0.05) is 12.8 Å². The first-order valence-electron chi connectivity index (χ1n) is 12.8. The summed E-state index contributed by atoms with van der Waals surface area (Å²) in [7, 11) is -9.58. The van der Waals surface area contributed by atoms with Gasteiger partial charge in [0.15, 0.2) is 29.1 Å². The largest absolute Gasteiger partial charge is 0.387 e. The molecule has 0 bridgehead atoms. The van der Waals surface area contributed by atoms with E-state index >= 15 is 0 Å². The molecule has 5 N–H and O–H groups in total. The first kappa shape index (κ1) is 29.1. The van der Waals surface area contributed by atoms with E-state index in [0.29, 0.717) is 17.9 Å². The predicted octanol–water partition coefficient (Wildman–Crippen LogP) is 2.54. The number of aliphatic hydroxyl groups excluding tert-OH is 2. The smallest absolute Gasteiger partial charge is 0.340 e. The third-order valence-corrected chi connectivity index (χ3v) is 11.5.